The number of nitrogens with one attached hydrogen (secondary N) is 1. The zero-order valence-corrected chi connectivity index (χ0v) is 26.3. The molecule has 1 aliphatic heterocycles. The summed E-state index contributed by atoms with van der Waals surface area (Å²) in [7, 11) is 3.00. The number of anilines is 1. The molecule has 0 fully saturated rings. The number of hydrogen-bond donors (Lipinski definition) is 4. The number of aromatic hydroxyl groups is 1. The highest BCUT2D eigenvalue weighted by Crippen LogP contribution is 2.41. The van der Waals surface area contributed by atoms with E-state index in [4.69, 9.17) is 14.5 Å². The van der Waals surface area contributed by atoms with Crippen molar-refractivity contribution in [3.8, 4) is 11.5 Å². The molecular formula is C34H37N3O8. The second-order valence-corrected chi connectivity index (χ2v) is 11.9. The number of aryl methyl sites for hydroxylation is 1. The minimum atomic E-state index is -1.59. The Labute approximate surface area is 258 Å². The first-order valence-electron chi connectivity index (χ1n) is 14.6. The summed E-state index contributed by atoms with van der Waals surface area (Å²) in [5.74, 6) is -2.39. The molecule has 3 atom stereocenters. The van der Waals surface area contributed by atoms with Gasteiger partial charge in [-0.25, -0.2) is 4.98 Å². The van der Waals surface area contributed by atoms with Crippen molar-refractivity contribution in [1.82, 2.24) is 9.55 Å². The molecule has 11 nitrogen and oxygen atoms in total. The molecule has 45 heavy (non-hydrogen) atoms. The van der Waals surface area contributed by atoms with Crippen molar-refractivity contribution in [1.29, 1.82) is 0 Å². The van der Waals surface area contributed by atoms with E-state index in [0.717, 1.165) is 6.42 Å². The zero-order valence-electron chi connectivity index (χ0n) is 26.3. The number of amides is 1. The Morgan fingerprint density at radius 1 is 1.22 bits per heavy atom. The van der Waals surface area contributed by atoms with Gasteiger partial charge in [-0.3, -0.25) is 14.4 Å². The number of fused-ring (bicyclic) bond motifs is 6. The van der Waals surface area contributed by atoms with Crippen molar-refractivity contribution in [3.63, 3.8) is 0 Å². The van der Waals surface area contributed by atoms with Crippen LogP contribution in [0, 0.1) is 18.8 Å². The molecule has 0 radical (unpaired) electrons. The van der Waals surface area contributed by atoms with E-state index in [1.54, 1.807) is 43.7 Å². The second-order valence-electron chi connectivity index (χ2n) is 11.9. The van der Waals surface area contributed by atoms with Crippen molar-refractivity contribution in [2.45, 2.75) is 46.8 Å². The second kappa shape index (κ2) is 11.6. The standard InChI is InChI=1S/C34H37N3O8/c1-16(13-17(2)15-38)9-8-10-18(3)33(43)36-27-28-26(35-21-12-11-20(39)14-22(21)37(28)6)23-24(30(27)41)29(40)19(4)31-25(23)32(42)34(5,44-7)45-31/h8-12,14,16-17,38,40,42H,13,15H2,1-7H3,(H,36,43)/b9-8+,18-10-/t16-,17+,34-/m0/s1. The van der Waals surface area contributed by atoms with E-state index in [0.29, 0.717) is 16.6 Å². The van der Waals surface area contributed by atoms with Gasteiger partial charge in [0.15, 0.2) is 11.2 Å². The number of carbonyl (C=O) groups is 1. The molecule has 4 N–H and O–H groups in total. The highest BCUT2D eigenvalue weighted by atomic mass is 16.7. The fraction of sp³-hybridized carbons (Fsp3) is 0.353. The van der Waals surface area contributed by atoms with Crippen LogP contribution in [0.2, 0.25) is 0 Å². The van der Waals surface area contributed by atoms with E-state index in [1.165, 1.54) is 26.2 Å². The van der Waals surface area contributed by atoms with Crippen LogP contribution in [0.1, 0.15) is 39.7 Å². The van der Waals surface area contributed by atoms with Gasteiger partial charge in [-0.2, -0.15) is 0 Å². The Morgan fingerprint density at radius 3 is 2.60 bits per heavy atom. The third-order valence-corrected chi connectivity index (χ3v) is 8.51. The Morgan fingerprint density at radius 2 is 1.93 bits per heavy atom. The maximum absolute atomic E-state index is 14.3. The molecular weight excluding hydrogens is 578 g/mol. The molecule has 5 rings (SSSR count). The van der Waals surface area contributed by atoms with E-state index < -0.39 is 17.1 Å². The largest absolute Gasteiger partial charge is 0.507 e. The zero-order chi connectivity index (χ0) is 33.0. The molecule has 0 unspecified atom stereocenters. The van der Waals surface area contributed by atoms with Gasteiger partial charge in [0.05, 0.1) is 32.7 Å². The number of hydrogen-bond acceptors (Lipinski definition) is 9. The van der Waals surface area contributed by atoms with Crippen LogP contribution in [0.15, 0.2) is 51.6 Å². The highest BCUT2D eigenvalue weighted by molar-refractivity contribution is 6.17. The van der Waals surface area contributed by atoms with Crippen LogP contribution in [0.3, 0.4) is 0 Å². The number of phenolic OH excluding ortho intramolecular Hbond substituents is 1. The number of aliphatic hydroxyl groups excluding tert-OH is 2. The summed E-state index contributed by atoms with van der Waals surface area (Å²) in [5.41, 5.74) is 0.555. The van der Waals surface area contributed by atoms with Crippen molar-refractivity contribution in [2.24, 2.45) is 18.9 Å². The van der Waals surface area contributed by atoms with E-state index >= 15 is 0 Å². The van der Waals surface area contributed by atoms with E-state index in [9.17, 15) is 29.7 Å². The first-order valence-corrected chi connectivity index (χ1v) is 14.6. The number of allylic oxidation sites excluding steroid dienone is 3. The van der Waals surface area contributed by atoms with Crippen LogP contribution >= 0.6 is 0 Å². The van der Waals surface area contributed by atoms with Gasteiger partial charge in [0.1, 0.15) is 17.2 Å². The molecule has 236 valence electrons. The summed E-state index contributed by atoms with van der Waals surface area (Å²) >= 11 is 0. The number of benzene rings is 3. The number of aromatic nitrogens is 2. The number of methoxy groups -OCH3 is 1. The minimum Gasteiger partial charge on any atom is -0.507 e. The molecule has 1 aromatic heterocycles. The normalized spacial score (nSPS) is 18.1. The maximum Gasteiger partial charge on any atom is 0.266 e. The van der Waals surface area contributed by atoms with Gasteiger partial charge in [0, 0.05) is 50.3 Å². The summed E-state index contributed by atoms with van der Waals surface area (Å²) in [6.45, 7) is 8.74. The average Bonchev–Trinajstić information content (AvgIpc) is 3.27. The molecule has 0 spiro atoms. The molecule has 0 bridgehead atoms. The molecule has 0 saturated heterocycles. The number of carbonyl (C=O) groups excluding carboxylic acids is 1. The SMILES string of the molecule is CO[C@@]1(C)Oc2c(C)c(O)c3c(=O)c(NC(=O)/C(C)=C\C=C\[C@H](C)C[C@@H](C)CO)c4c(nc5ccc(=O)cc5n4C)c3c2=C1O. The minimum absolute atomic E-state index is 0.0959. The topological polar surface area (TPSA) is 160 Å². The summed E-state index contributed by atoms with van der Waals surface area (Å²) in [6, 6.07) is 4.28. The Hall–Kier alpha value is -4.74. The Balaban J connectivity index is 1.80. The first kappa shape index (κ1) is 31.7. The van der Waals surface area contributed by atoms with Crippen molar-refractivity contribution in [3.05, 3.63) is 73.2 Å². The summed E-state index contributed by atoms with van der Waals surface area (Å²) in [5, 5.41) is 34.9. The molecule has 0 saturated carbocycles. The summed E-state index contributed by atoms with van der Waals surface area (Å²) in [4.78, 5) is 44.9. The third-order valence-electron chi connectivity index (χ3n) is 8.51. The quantitative estimate of drug-likeness (QED) is 0.0999. The predicted octanol–water partition coefficient (Wildman–Crippen LogP) is 3.85. The summed E-state index contributed by atoms with van der Waals surface area (Å²) in [6.07, 6.45) is 6.11. The van der Waals surface area contributed by atoms with E-state index in [-0.39, 0.29) is 79.4 Å². The number of phenols is 1. The number of rotatable bonds is 8. The monoisotopic (exact) mass is 615 g/mol. The van der Waals surface area contributed by atoms with Crippen LogP contribution in [0.5, 0.6) is 11.5 Å². The molecule has 1 amide bonds. The van der Waals surface area contributed by atoms with Gasteiger partial charge in [-0.15, -0.1) is 0 Å². The smallest absolute Gasteiger partial charge is 0.266 e. The fourth-order valence-corrected chi connectivity index (χ4v) is 5.85. The maximum atomic E-state index is 14.3. The molecule has 4 aromatic rings. The molecule has 11 heteroatoms. The van der Waals surface area contributed by atoms with Gasteiger partial charge in [0.25, 0.3) is 11.7 Å². The van der Waals surface area contributed by atoms with Crippen LogP contribution in [0.25, 0.3) is 38.6 Å². The average molecular weight is 616 g/mol. The predicted molar refractivity (Wildman–Crippen MR) is 174 cm³/mol. The fourth-order valence-electron chi connectivity index (χ4n) is 5.85. The third kappa shape index (κ3) is 5.21. The lowest BCUT2D eigenvalue weighted by molar-refractivity contribution is -0.112. The van der Waals surface area contributed by atoms with E-state index in [1.807, 2.05) is 19.9 Å². The number of nitrogens with zero attached hydrogens (tertiary/aromatic N) is 2. The van der Waals surface area contributed by atoms with Crippen molar-refractivity contribution in [2.75, 3.05) is 19.0 Å². The van der Waals surface area contributed by atoms with Gasteiger partial charge < -0.3 is 34.7 Å². The molecule has 3 aromatic carbocycles. The lowest BCUT2D eigenvalue weighted by Gasteiger charge is -2.23. The lowest BCUT2D eigenvalue weighted by atomic mass is 9.97. The van der Waals surface area contributed by atoms with Crippen LogP contribution < -0.4 is 26.1 Å². The molecule has 0 aliphatic carbocycles. The first-order chi connectivity index (χ1) is 21.2. The van der Waals surface area contributed by atoms with Crippen LogP contribution in [-0.2, 0) is 16.6 Å². The molecule has 2 heterocycles. The number of aliphatic hydroxyl groups is 2. The van der Waals surface area contributed by atoms with Crippen molar-refractivity contribution < 1.29 is 29.6 Å². The number of ether oxygens (including phenoxy) is 2. The Bertz CT molecular complexity index is 2130. The van der Waals surface area contributed by atoms with Crippen LogP contribution in [-0.4, -0.2) is 50.3 Å². The molecule has 1 aliphatic rings. The summed E-state index contributed by atoms with van der Waals surface area (Å²) < 4.78 is 13.0. The van der Waals surface area contributed by atoms with Gasteiger partial charge in [-0.1, -0.05) is 32.1 Å². The van der Waals surface area contributed by atoms with Gasteiger partial charge in [0.2, 0.25) is 5.43 Å². The lowest BCUT2D eigenvalue weighted by Crippen LogP contribution is -2.33. The van der Waals surface area contributed by atoms with Gasteiger partial charge in [-0.05, 0) is 44.2 Å². The Kier molecular flexibility index (Phi) is 8.20. The highest BCUT2D eigenvalue weighted by Gasteiger charge is 2.42. The van der Waals surface area contributed by atoms with Crippen LogP contribution in [0.4, 0.5) is 5.69 Å². The van der Waals surface area contributed by atoms with E-state index in [2.05, 4.69) is 5.32 Å². The van der Waals surface area contributed by atoms with Crippen molar-refractivity contribution >= 4 is 50.2 Å². The van der Waals surface area contributed by atoms with Gasteiger partial charge >= 0.3 is 0 Å².